The Labute approximate surface area is 111 Å². The van der Waals surface area contributed by atoms with Crippen molar-refractivity contribution in [2.24, 2.45) is 17.4 Å². The molecule has 0 radical (unpaired) electrons. The van der Waals surface area contributed by atoms with Crippen molar-refractivity contribution < 1.29 is 25.2 Å². The van der Waals surface area contributed by atoms with Crippen LogP contribution in [0.5, 0.6) is 0 Å². The summed E-state index contributed by atoms with van der Waals surface area (Å²) in [5.41, 5.74) is 10.9. The maximum absolute atomic E-state index is 11.7. The lowest BCUT2D eigenvalue weighted by Gasteiger charge is -2.40. The minimum Gasteiger partial charge on any atom is -0.391 e. The van der Waals surface area contributed by atoms with E-state index < -0.39 is 48.3 Å². The second-order valence-corrected chi connectivity index (χ2v) is 5.10. The van der Waals surface area contributed by atoms with E-state index in [0.717, 1.165) is 0 Å². The fourth-order valence-electron chi connectivity index (χ4n) is 2.25. The molecule has 19 heavy (non-hydrogen) atoms. The molecule has 0 aromatic carbocycles. The van der Waals surface area contributed by atoms with Crippen molar-refractivity contribution in [3.8, 4) is 0 Å². The van der Waals surface area contributed by atoms with Gasteiger partial charge in [0.2, 0.25) is 0 Å². The highest BCUT2D eigenvalue weighted by Crippen LogP contribution is 2.24. The summed E-state index contributed by atoms with van der Waals surface area (Å²) < 4.78 is 0. The summed E-state index contributed by atoms with van der Waals surface area (Å²) >= 11 is 0. The highest BCUT2D eigenvalue weighted by atomic mass is 16.3. The van der Waals surface area contributed by atoms with Gasteiger partial charge in [0.05, 0.1) is 18.2 Å². The van der Waals surface area contributed by atoms with Gasteiger partial charge in [-0.15, -0.1) is 0 Å². The zero-order chi connectivity index (χ0) is 14.7. The first kappa shape index (κ1) is 16.3. The molecule has 0 bridgehead atoms. The van der Waals surface area contributed by atoms with Crippen LogP contribution < -0.4 is 16.8 Å². The molecule has 0 aromatic rings. The van der Waals surface area contributed by atoms with Gasteiger partial charge in [-0.1, -0.05) is 6.92 Å². The molecule has 0 spiro atoms. The molecule has 9 N–H and O–H groups in total. The molecule has 8 heteroatoms. The van der Waals surface area contributed by atoms with Crippen LogP contribution in [0.1, 0.15) is 13.3 Å². The van der Waals surface area contributed by atoms with Gasteiger partial charge in [-0.05, 0) is 6.42 Å². The average molecular weight is 277 g/mol. The van der Waals surface area contributed by atoms with E-state index in [1.165, 1.54) is 0 Å². The normalized spacial score (nSPS) is 38.6. The first-order chi connectivity index (χ1) is 8.79. The minimum atomic E-state index is -1.66. The summed E-state index contributed by atoms with van der Waals surface area (Å²) in [7, 11) is 0. The second-order valence-electron chi connectivity index (χ2n) is 5.10. The maximum atomic E-state index is 11.7. The van der Waals surface area contributed by atoms with Crippen molar-refractivity contribution in [3.05, 3.63) is 0 Å². The van der Waals surface area contributed by atoms with Crippen LogP contribution in [0.2, 0.25) is 0 Å². The Kier molecular flexibility index (Phi) is 5.65. The monoisotopic (exact) mass is 277 g/mol. The predicted octanol–water partition coefficient (Wildman–Crippen LogP) is -3.76. The van der Waals surface area contributed by atoms with Gasteiger partial charge < -0.3 is 37.2 Å². The third-order valence-electron chi connectivity index (χ3n) is 3.66. The van der Waals surface area contributed by atoms with Gasteiger partial charge in [-0.25, -0.2) is 0 Å². The molecule has 1 fully saturated rings. The number of hydrogen-bond donors (Lipinski definition) is 7. The van der Waals surface area contributed by atoms with Crippen LogP contribution in [0, 0.1) is 5.92 Å². The molecule has 7 atom stereocenters. The van der Waals surface area contributed by atoms with Crippen LogP contribution >= 0.6 is 0 Å². The molecule has 1 amide bonds. The number of carbonyl (C=O) groups excluding carboxylic acids is 1. The Morgan fingerprint density at radius 2 is 1.95 bits per heavy atom. The molecule has 8 nitrogen and oxygen atoms in total. The number of rotatable bonds is 4. The molecule has 0 aliphatic heterocycles. The summed E-state index contributed by atoms with van der Waals surface area (Å²) in [6.07, 6.45) is -4.65. The van der Waals surface area contributed by atoms with Crippen LogP contribution in [-0.4, -0.2) is 69.4 Å². The lowest BCUT2D eigenvalue weighted by molar-refractivity contribution is -0.138. The first-order valence-electron chi connectivity index (χ1n) is 6.27. The average Bonchev–Trinajstić information content (AvgIpc) is 2.40. The van der Waals surface area contributed by atoms with E-state index in [-0.39, 0.29) is 13.0 Å². The summed E-state index contributed by atoms with van der Waals surface area (Å²) in [5, 5.41) is 40.8. The standard InChI is InChI=1S/C11H23N3O5/c1-4-8(16)5(13)2-6(9(4)17)14-11(19)10(18)7(15)3-12/h4-10,15-18H,2-3,12-13H2,1H3,(H,14,19). The number of carbonyl (C=O) groups is 1. The summed E-state index contributed by atoms with van der Waals surface area (Å²) in [5.74, 6) is -1.32. The van der Waals surface area contributed by atoms with E-state index in [1.54, 1.807) is 6.92 Å². The highest BCUT2D eigenvalue weighted by molar-refractivity contribution is 5.81. The van der Waals surface area contributed by atoms with Crippen LogP contribution in [0.4, 0.5) is 0 Å². The SMILES string of the molecule is CC1C(O)C(N)CC(NC(=O)C(O)C(O)CN)C1O. The fourth-order valence-corrected chi connectivity index (χ4v) is 2.25. The summed E-state index contributed by atoms with van der Waals surface area (Å²) in [6, 6.07) is -1.25. The number of amides is 1. The van der Waals surface area contributed by atoms with Crippen LogP contribution in [0.25, 0.3) is 0 Å². The smallest absolute Gasteiger partial charge is 0.251 e. The molecule has 7 unspecified atom stereocenters. The van der Waals surface area contributed by atoms with Crippen molar-refractivity contribution in [2.75, 3.05) is 6.54 Å². The molecular formula is C11H23N3O5. The predicted molar refractivity (Wildman–Crippen MR) is 66.8 cm³/mol. The van der Waals surface area contributed by atoms with E-state index in [9.17, 15) is 25.2 Å². The second kappa shape index (κ2) is 6.60. The quantitative estimate of drug-likeness (QED) is 0.277. The number of nitrogens with one attached hydrogen (secondary N) is 1. The molecule has 1 saturated carbocycles. The van der Waals surface area contributed by atoms with Gasteiger partial charge in [0.1, 0.15) is 6.10 Å². The number of aliphatic hydroxyl groups excluding tert-OH is 4. The number of hydrogen-bond acceptors (Lipinski definition) is 7. The van der Waals surface area contributed by atoms with Gasteiger partial charge in [-0.3, -0.25) is 4.79 Å². The highest BCUT2D eigenvalue weighted by Gasteiger charge is 2.40. The van der Waals surface area contributed by atoms with Gasteiger partial charge in [0.25, 0.3) is 5.91 Å². The molecule has 0 heterocycles. The zero-order valence-electron chi connectivity index (χ0n) is 10.8. The van der Waals surface area contributed by atoms with Gasteiger partial charge >= 0.3 is 0 Å². The molecule has 1 rings (SSSR count). The molecule has 112 valence electrons. The van der Waals surface area contributed by atoms with E-state index in [4.69, 9.17) is 11.5 Å². The lowest BCUT2D eigenvalue weighted by atomic mass is 9.79. The van der Waals surface area contributed by atoms with Crippen molar-refractivity contribution >= 4 is 5.91 Å². The molecule has 1 aliphatic carbocycles. The third kappa shape index (κ3) is 3.62. The van der Waals surface area contributed by atoms with E-state index in [2.05, 4.69) is 5.32 Å². The van der Waals surface area contributed by atoms with Crippen molar-refractivity contribution in [1.82, 2.24) is 5.32 Å². The van der Waals surface area contributed by atoms with Crippen molar-refractivity contribution in [2.45, 2.75) is 49.8 Å². The Morgan fingerprint density at radius 1 is 1.37 bits per heavy atom. The Hall–Kier alpha value is -0.770. The third-order valence-corrected chi connectivity index (χ3v) is 3.66. The zero-order valence-corrected chi connectivity index (χ0v) is 10.8. The molecule has 0 saturated heterocycles. The van der Waals surface area contributed by atoms with Crippen molar-refractivity contribution in [1.29, 1.82) is 0 Å². The van der Waals surface area contributed by atoms with Gasteiger partial charge in [0, 0.05) is 18.5 Å². The number of aliphatic hydroxyl groups is 4. The van der Waals surface area contributed by atoms with Crippen molar-refractivity contribution in [3.63, 3.8) is 0 Å². The van der Waals surface area contributed by atoms with E-state index in [0.29, 0.717) is 0 Å². The van der Waals surface area contributed by atoms with Crippen LogP contribution in [0.15, 0.2) is 0 Å². The number of nitrogens with two attached hydrogens (primary N) is 2. The molecule has 1 aliphatic rings. The fraction of sp³-hybridized carbons (Fsp3) is 0.909. The first-order valence-corrected chi connectivity index (χ1v) is 6.27. The Balaban J connectivity index is 2.63. The summed E-state index contributed by atoms with van der Waals surface area (Å²) in [6.45, 7) is 1.37. The maximum Gasteiger partial charge on any atom is 0.251 e. The Morgan fingerprint density at radius 3 is 2.47 bits per heavy atom. The van der Waals surface area contributed by atoms with Crippen LogP contribution in [-0.2, 0) is 4.79 Å². The molecule has 0 aromatic heterocycles. The largest absolute Gasteiger partial charge is 0.391 e. The lowest BCUT2D eigenvalue weighted by Crippen LogP contribution is -2.61. The van der Waals surface area contributed by atoms with Gasteiger partial charge in [0.15, 0.2) is 6.10 Å². The van der Waals surface area contributed by atoms with E-state index >= 15 is 0 Å². The molecular weight excluding hydrogens is 254 g/mol. The minimum absolute atomic E-state index is 0.184. The van der Waals surface area contributed by atoms with E-state index in [1.807, 2.05) is 0 Å². The topological polar surface area (TPSA) is 162 Å². The summed E-state index contributed by atoms with van der Waals surface area (Å²) in [4.78, 5) is 11.7. The van der Waals surface area contributed by atoms with Gasteiger partial charge in [-0.2, -0.15) is 0 Å². The Bertz CT molecular complexity index is 317. The van der Waals surface area contributed by atoms with Crippen LogP contribution in [0.3, 0.4) is 0 Å².